The Morgan fingerprint density at radius 3 is 2.11 bits per heavy atom. The van der Waals surface area contributed by atoms with Crippen LogP contribution in [0.4, 0.5) is 8.78 Å². The molecule has 3 aromatic rings. The molecule has 0 bridgehead atoms. The van der Waals surface area contributed by atoms with Crippen molar-refractivity contribution in [1.82, 2.24) is 14.7 Å². The van der Waals surface area contributed by atoms with E-state index in [-0.39, 0.29) is 36.7 Å². The monoisotopic (exact) mass is 723 g/mol. The second-order valence-corrected chi connectivity index (χ2v) is 18.9. The number of ketones is 1. The van der Waals surface area contributed by atoms with E-state index in [9.17, 15) is 18.4 Å². The lowest BCUT2D eigenvalue weighted by Gasteiger charge is -2.37. The molecule has 6 nitrogen and oxygen atoms in total. The van der Waals surface area contributed by atoms with Crippen LogP contribution in [0.5, 0.6) is 0 Å². The Hall–Kier alpha value is -2.24. The van der Waals surface area contributed by atoms with E-state index in [1.54, 1.807) is 18.0 Å². The van der Waals surface area contributed by atoms with Crippen molar-refractivity contribution in [2.24, 2.45) is 5.92 Å². The molecule has 1 heterocycles. The van der Waals surface area contributed by atoms with Gasteiger partial charge < -0.3 is 9.33 Å². The van der Waals surface area contributed by atoms with Crippen molar-refractivity contribution in [3.8, 4) is 0 Å². The molecule has 1 saturated carbocycles. The lowest BCUT2D eigenvalue weighted by molar-refractivity contribution is -0.121. The number of carbonyl (C=O) groups excluding carboxylic acids is 2. The van der Waals surface area contributed by atoms with Gasteiger partial charge in [0.15, 0.2) is 8.32 Å². The predicted molar refractivity (Wildman–Crippen MR) is 189 cm³/mol. The molecule has 47 heavy (non-hydrogen) atoms. The highest BCUT2D eigenvalue weighted by Gasteiger charge is 2.37. The number of carbonyl (C=O) groups is 2. The number of nitrogens with zero attached hydrogens (tertiary/aromatic N) is 3. The number of Topliss-reactive ketones (excluding diaryl/α,β-unsaturated/α-hetero) is 1. The topological polar surface area (TPSA) is 64.4 Å². The van der Waals surface area contributed by atoms with Gasteiger partial charge in [-0.3, -0.25) is 14.3 Å². The highest BCUT2D eigenvalue weighted by atomic mass is 35.5. The predicted octanol–water partition coefficient (Wildman–Crippen LogP) is 10.2. The minimum absolute atomic E-state index is 0.0537. The average Bonchev–Trinajstić information content (AvgIpc) is 3.42. The first-order chi connectivity index (χ1) is 22.3. The van der Waals surface area contributed by atoms with E-state index in [1.165, 1.54) is 23.9 Å². The van der Waals surface area contributed by atoms with Crippen LogP contribution >= 0.6 is 35.0 Å². The lowest BCUT2D eigenvalue weighted by atomic mass is 9.84. The van der Waals surface area contributed by atoms with Crippen LogP contribution in [0.3, 0.4) is 0 Å². The molecule has 1 atom stereocenters. The third-order valence-corrected chi connectivity index (χ3v) is 15.8. The van der Waals surface area contributed by atoms with Crippen LogP contribution in [0, 0.1) is 24.5 Å². The first-order valence-electron chi connectivity index (χ1n) is 16.3. The molecular formula is C35H45Cl2F2N3O3SSi. The summed E-state index contributed by atoms with van der Waals surface area (Å²) in [4.78, 5) is 28.9. The second-order valence-electron chi connectivity index (χ2n) is 12.5. The summed E-state index contributed by atoms with van der Waals surface area (Å²) in [7, 11) is -2.29. The molecule has 1 fully saturated rings. The molecule has 4 rings (SSSR count). The number of hydrogen-bond donors (Lipinski definition) is 0. The van der Waals surface area contributed by atoms with Gasteiger partial charge in [-0.05, 0) is 93.7 Å². The number of hydrogen-bond acceptors (Lipinski definition) is 5. The number of amides is 1. The molecule has 1 aliphatic carbocycles. The van der Waals surface area contributed by atoms with Crippen LogP contribution in [0.2, 0.25) is 28.2 Å². The Morgan fingerprint density at radius 2 is 1.60 bits per heavy atom. The van der Waals surface area contributed by atoms with Crippen molar-refractivity contribution in [2.75, 3.05) is 12.8 Å². The summed E-state index contributed by atoms with van der Waals surface area (Å²) in [5.41, 5.74) is 2.00. The van der Waals surface area contributed by atoms with Crippen molar-refractivity contribution in [3.63, 3.8) is 0 Å². The van der Waals surface area contributed by atoms with Gasteiger partial charge in [0.2, 0.25) is 0 Å². The second kappa shape index (κ2) is 16.4. The van der Waals surface area contributed by atoms with Crippen molar-refractivity contribution in [3.05, 3.63) is 80.6 Å². The number of aromatic nitrogens is 2. The smallest absolute Gasteiger partial charge is 0.257 e. The van der Waals surface area contributed by atoms with Crippen LogP contribution in [-0.2, 0) is 15.8 Å². The Kier molecular flexibility index (Phi) is 13.1. The molecule has 1 aromatic heterocycles. The van der Waals surface area contributed by atoms with Crippen LogP contribution in [0.15, 0.2) is 41.4 Å². The molecule has 1 unspecified atom stereocenters. The number of halogens is 4. The highest BCUT2D eigenvalue weighted by Crippen LogP contribution is 2.40. The quantitative estimate of drug-likeness (QED) is 0.122. The summed E-state index contributed by atoms with van der Waals surface area (Å²) in [6.07, 6.45) is 5.99. The van der Waals surface area contributed by atoms with E-state index in [4.69, 9.17) is 27.6 Å². The lowest BCUT2D eigenvalue weighted by Crippen LogP contribution is -2.42. The Labute approximate surface area is 292 Å². The van der Waals surface area contributed by atoms with Crippen LogP contribution in [0.25, 0.3) is 0 Å². The van der Waals surface area contributed by atoms with Gasteiger partial charge in [-0.15, -0.1) is 11.8 Å². The zero-order chi connectivity index (χ0) is 34.5. The minimum Gasteiger partial charge on any atom is -0.408 e. The third-order valence-electron chi connectivity index (χ3n) is 9.80. The van der Waals surface area contributed by atoms with E-state index in [2.05, 4.69) is 25.9 Å². The molecule has 2 aromatic carbocycles. The SMILES string of the molecule is CC[Si](CC)(CC)OC(CN(Cc1cc(F)cc(F)c1)C(=O)c1cnn(C2CCC(C(C)=O)CC2)c1C)c1c(Cl)cc(SC)cc1Cl. The van der Waals surface area contributed by atoms with Gasteiger partial charge in [-0.2, -0.15) is 5.10 Å². The first kappa shape index (κ1) is 37.6. The molecule has 256 valence electrons. The van der Waals surface area contributed by atoms with Gasteiger partial charge in [0.1, 0.15) is 17.4 Å². The summed E-state index contributed by atoms with van der Waals surface area (Å²) in [6, 6.07) is 9.62. The number of thioether (sulfide) groups is 1. The summed E-state index contributed by atoms with van der Waals surface area (Å²) in [5, 5.41) is 5.50. The number of benzene rings is 2. The van der Waals surface area contributed by atoms with Crippen LogP contribution < -0.4 is 0 Å². The normalized spacial score (nSPS) is 17.5. The molecule has 12 heteroatoms. The fourth-order valence-corrected chi connectivity index (χ4v) is 10.8. The molecule has 0 N–H and O–H groups in total. The minimum atomic E-state index is -2.29. The van der Waals surface area contributed by atoms with Crippen molar-refractivity contribution >= 4 is 55.0 Å². The maximum Gasteiger partial charge on any atom is 0.257 e. The molecular weight excluding hydrogens is 679 g/mol. The van der Waals surface area contributed by atoms with E-state index in [1.807, 2.05) is 30.0 Å². The van der Waals surface area contributed by atoms with Crippen LogP contribution in [-0.4, -0.2) is 47.5 Å². The summed E-state index contributed by atoms with van der Waals surface area (Å²) < 4.78 is 37.7. The fourth-order valence-electron chi connectivity index (χ4n) is 6.72. The molecule has 0 spiro atoms. The Balaban J connectivity index is 1.77. The molecule has 0 aliphatic heterocycles. The summed E-state index contributed by atoms with van der Waals surface area (Å²) in [5.74, 6) is -1.51. The van der Waals surface area contributed by atoms with Gasteiger partial charge in [0, 0.05) is 44.7 Å². The third kappa shape index (κ3) is 8.87. The molecule has 0 radical (unpaired) electrons. The fraction of sp³-hybridized carbons (Fsp3) is 0.514. The Morgan fingerprint density at radius 1 is 1.02 bits per heavy atom. The average molecular weight is 725 g/mol. The maximum absolute atomic E-state index is 14.5. The number of rotatable bonds is 14. The van der Waals surface area contributed by atoms with E-state index < -0.39 is 26.1 Å². The maximum atomic E-state index is 14.5. The molecule has 1 amide bonds. The molecule has 0 saturated heterocycles. The van der Waals surface area contributed by atoms with E-state index >= 15 is 0 Å². The van der Waals surface area contributed by atoms with Gasteiger partial charge in [-0.1, -0.05) is 44.0 Å². The van der Waals surface area contributed by atoms with Gasteiger partial charge in [0.05, 0.1) is 30.5 Å². The summed E-state index contributed by atoms with van der Waals surface area (Å²) in [6.45, 7) is 9.85. The zero-order valence-electron chi connectivity index (χ0n) is 28.0. The van der Waals surface area contributed by atoms with E-state index in [0.717, 1.165) is 54.8 Å². The van der Waals surface area contributed by atoms with Crippen molar-refractivity contribution in [1.29, 1.82) is 0 Å². The zero-order valence-corrected chi connectivity index (χ0v) is 31.4. The largest absolute Gasteiger partial charge is 0.408 e. The van der Waals surface area contributed by atoms with Gasteiger partial charge in [-0.25, -0.2) is 8.78 Å². The summed E-state index contributed by atoms with van der Waals surface area (Å²) >= 11 is 15.3. The van der Waals surface area contributed by atoms with Crippen molar-refractivity contribution < 1.29 is 22.8 Å². The van der Waals surface area contributed by atoms with Crippen molar-refractivity contribution in [2.45, 2.75) is 102 Å². The van der Waals surface area contributed by atoms with Crippen LogP contribution in [0.1, 0.15) is 92.7 Å². The Bertz CT molecular complexity index is 1530. The van der Waals surface area contributed by atoms with Gasteiger partial charge in [0.25, 0.3) is 5.91 Å². The standard InChI is InChI=1S/C35H45Cl2F2N3O3SSi/c1-7-47(8-2,9-3)45-33(34-31(36)17-29(46-6)18-32(34)37)21-41(20-24-14-26(38)16-27(39)15-24)35(44)30-19-40-42(22(30)4)28-12-10-25(11-13-28)23(5)43/h14-19,25,28,33H,7-13,20-21H2,1-6H3. The first-order valence-corrected chi connectivity index (χ1v) is 20.9. The van der Waals surface area contributed by atoms with Gasteiger partial charge >= 0.3 is 0 Å². The molecule has 1 aliphatic rings. The van der Waals surface area contributed by atoms with E-state index in [0.29, 0.717) is 32.4 Å². The highest BCUT2D eigenvalue weighted by molar-refractivity contribution is 7.98.